The fraction of sp³-hybridized carbons (Fsp3) is 0.0312. The Morgan fingerprint density at radius 3 is 0.742 bits per heavy atom. The molecule has 2 heteroatoms. The van der Waals surface area contributed by atoms with Crippen molar-refractivity contribution in [3.05, 3.63) is 309 Å². The van der Waals surface area contributed by atoms with E-state index in [0.717, 1.165) is 56.0 Å². The Bertz CT molecular complexity index is 2820. The van der Waals surface area contributed by atoms with Crippen LogP contribution in [0.4, 0.5) is 0 Å². The van der Waals surface area contributed by atoms with Crippen LogP contribution in [0.5, 0.6) is 11.5 Å². The molecule has 9 aromatic rings. The minimum absolute atomic E-state index is 0.750. The third kappa shape index (κ3) is 9.85. The first kappa shape index (κ1) is 42.8. The van der Waals surface area contributed by atoms with Gasteiger partial charge in [0.15, 0.2) is 0 Å². The largest absolute Gasteiger partial charge is 0.497 e. The van der Waals surface area contributed by atoms with Crippen LogP contribution in [0, 0.1) is 0 Å². The minimum Gasteiger partial charge on any atom is -0.497 e. The van der Waals surface area contributed by atoms with E-state index in [0.29, 0.717) is 0 Å². The SMILES string of the molecule is COc1cc(C=Cc2ccc(C(=C(c3ccccc3)c3ccccc3)c3ccccc3)cc2)c(OC)c(C=Cc2ccc(C(=C(c3ccccc3)c3ccccc3)c3ccccc3)cc2)c1. The maximum Gasteiger partial charge on any atom is 0.133 e. The lowest BCUT2D eigenvalue weighted by molar-refractivity contribution is 0.401. The molecule has 0 aliphatic heterocycles. The molecule has 318 valence electrons. The molecular weight excluding hydrogens is 801 g/mol. The summed E-state index contributed by atoms with van der Waals surface area (Å²) in [7, 11) is 3.43. The van der Waals surface area contributed by atoms with Gasteiger partial charge in [0.2, 0.25) is 0 Å². The quantitative estimate of drug-likeness (QED) is 0.102. The summed E-state index contributed by atoms with van der Waals surface area (Å²) in [5.41, 5.74) is 18.0. The first-order chi connectivity index (χ1) is 32.7. The third-order valence-corrected chi connectivity index (χ3v) is 11.7. The van der Waals surface area contributed by atoms with Crippen molar-refractivity contribution in [2.75, 3.05) is 14.2 Å². The van der Waals surface area contributed by atoms with Crippen LogP contribution in [0.2, 0.25) is 0 Å². The normalized spacial score (nSPS) is 11.1. The van der Waals surface area contributed by atoms with Crippen molar-refractivity contribution >= 4 is 46.6 Å². The monoisotopic (exact) mass is 850 g/mol. The molecule has 66 heavy (non-hydrogen) atoms. The minimum atomic E-state index is 0.750. The summed E-state index contributed by atoms with van der Waals surface area (Å²) in [6.07, 6.45) is 8.46. The summed E-state index contributed by atoms with van der Waals surface area (Å²) in [6.45, 7) is 0. The van der Waals surface area contributed by atoms with Gasteiger partial charge in [-0.25, -0.2) is 0 Å². The molecular formula is C64H50O2. The van der Waals surface area contributed by atoms with Crippen LogP contribution < -0.4 is 9.47 Å². The summed E-state index contributed by atoms with van der Waals surface area (Å²) in [4.78, 5) is 0. The second-order valence-electron chi connectivity index (χ2n) is 15.9. The molecule has 9 aromatic carbocycles. The molecule has 0 spiro atoms. The molecule has 0 saturated carbocycles. The van der Waals surface area contributed by atoms with Crippen molar-refractivity contribution in [2.45, 2.75) is 0 Å². The van der Waals surface area contributed by atoms with E-state index in [2.05, 4.69) is 255 Å². The molecule has 0 bridgehead atoms. The average Bonchev–Trinajstić information content (AvgIpc) is 3.40. The van der Waals surface area contributed by atoms with Crippen LogP contribution in [0.3, 0.4) is 0 Å². The van der Waals surface area contributed by atoms with Crippen molar-refractivity contribution in [3.8, 4) is 11.5 Å². The second-order valence-corrected chi connectivity index (χ2v) is 15.9. The lowest BCUT2D eigenvalue weighted by Gasteiger charge is -2.18. The summed E-state index contributed by atoms with van der Waals surface area (Å²) in [5, 5.41) is 0. The molecule has 0 heterocycles. The molecule has 0 amide bonds. The van der Waals surface area contributed by atoms with E-state index in [1.165, 1.54) is 44.5 Å². The van der Waals surface area contributed by atoms with Crippen molar-refractivity contribution in [3.63, 3.8) is 0 Å². The highest BCUT2D eigenvalue weighted by Gasteiger charge is 2.18. The van der Waals surface area contributed by atoms with Gasteiger partial charge in [0.1, 0.15) is 11.5 Å². The van der Waals surface area contributed by atoms with E-state index >= 15 is 0 Å². The van der Waals surface area contributed by atoms with Gasteiger partial charge in [0.25, 0.3) is 0 Å². The summed E-state index contributed by atoms with van der Waals surface area (Å²) < 4.78 is 11.9. The van der Waals surface area contributed by atoms with Crippen LogP contribution in [-0.2, 0) is 0 Å². The van der Waals surface area contributed by atoms with Crippen LogP contribution in [-0.4, -0.2) is 14.2 Å². The number of benzene rings is 9. The number of hydrogen-bond acceptors (Lipinski definition) is 2. The fourth-order valence-corrected chi connectivity index (χ4v) is 8.59. The Balaban J connectivity index is 1.03. The number of ether oxygens (including phenoxy) is 2. The zero-order valence-electron chi connectivity index (χ0n) is 37.2. The van der Waals surface area contributed by atoms with E-state index in [1.54, 1.807) is 14.2 Å². The predicted octanol–water partition coefficient (Wildman–Crippen LogP) is 16.1. The molecule has 0 aliphatic carbocycles. The van der Waals surface area contributed by atoms with Gasteiger partial charge in [-0.05, 0) is 90.1 Å². The maximum absolute atomic E-state index is 6.10. The molecule has 0 atom stereocenters. The van der Waals surface area contributed by atoms with Gasteiger partial charge in [-0.15, -0.1) is 0 Å². The molecule has 0 fully saturated rings. The maximum atomic E-state index is 6.10. The summed E-state index contributed by atoms with van der Waals surface area (Å²) in [6, 6.07) is 85.6. The summed E-state index contributed by atoms with van der Waals surface area (Å²) in [5.74, 6) is 1.52. The predicted molar refractivity (Wildman–Crippen MR) is 279 cm³/mol. The Morgan fingerprint density at radius 1 is 0.273 bits per heavy atom. The highest BCUT2D eigenvalue weighted by atomic mass is 16.5. The molecule has 0 N–H and O–H groups in total. The third-order valence-electron chi connectivity index (χ3n) is 11.7. The first-order valence-electron chi connectivity index (χ1n) is 22.3. The summed E-state index contributed by atoms with van der Waals surface area (Å²) >= 11 is 0. The van der Waals surface area contributed by atoms with Crippen LogP contribution in [0.25, 0.3) is 46.6 Å². The molecule has 0 unspecified atom stereocenters. The van der Waals surface area contributed by atoms with Crippen LogP contribution in [0.15, 0.2) is 243 Å². The zero-order chi connectivity index (χ0) is 44.9. The molecule has 0 aliphatic rings. The van der Waals surface area contributed by atoms with Crippen LogP contribution in [0.1, 0.15) is 66.8 Å². The van der Waals surface area contributed by atoms with E-state index in [1.807, 2.05) is 12.1 Å². The number of methoxy groups -OCH3 is 2. The first-order valence-corrected chi connectivity index (χ1v) is 22.3. The van der Waals surface area contributed by atoms with Crippen molar-refractivity contribution in [1.82, 2.24) is 0 Å². The van der Waals surface area contributed by atoms with Gasteiger partial charge >= 0.3 is 0 Å². The van der Waals surface area contributed by atoms with E-state index in [9.17, 15) is 0 Å². The Labute approximate surface area is 389 Å². The van der Waals surface area contributed by atoms with Crippen molar-refractivity contribution < 1.29 is 9.47 Å². The van der Waals surface area contributed by atoms with Gasteiger partial charge in [0.05, 0.1) is 14.2 Å². The molecule has 9 rings (SSSR count). The van der Waals surface area contributed by atoms with E-state index < -0.39 is 0 Å². The van der Waals surface area contributed by atoms with Crippen molar-refractivity contribution in [2.24, 2.45) is 0 Å². The highest BCUT2D eigenvalue weighted by molar-refractivity contribution is 6.05. The van der Waals surface area contributed by atoms with Gasteiger partial charge in [-0.2, -0.15) is 0 Å². The topological polar surface area (TPSA) is 18.5 Å². The van der Waals surface area contributed by atoms with Gasteiger partial charge in [-0.1, -0.05) is 255 Å². The molecule has 0 aromatic heterocycles. The fourth-order valence-electron chi connectivity index (χ4n) is 8.59. The average molecular weight is 851 g/mol. The Morgan fingerprint density at radius 2 is 0.515 bits per heavy atom. The van der Waals surface area contributed by atoms with Gasteiger partial charge < -0.3 is 9.47 Å². The Hall–Kier alpha value is -8.46. The molecule has 0 radical (unpaired) electrons. The molecule has 2 nitrogen and oxygen atoms in total. The number of rotatable bonds is 14. The van der Waals surface area contributed by atoms with Crippen LogP contribution >= 0.6 is 0 Å². The smallest absolute Gasteiger partial charge is 0.133 e. The lowest BCUT2D eigenvalue weighted by Crippen LogP contribution is -1.97. The lowest BCUT2D eigenvalue weighted by atomic mass is 9.85. The van der Waals surface area contributed by atoms with Gasteiger partial charge in [0, 0.05) is 11.1 Å². The van der Waals surface area contributed by atoms with Crippen molar-refractivity contribution in [1.29, 1.82) is 0 Å². The highest BCUT2D eigenvalue weighted by Crippen LogP contribution is 2.39. The van der Waals surface area contributed by atoms with Gasteiger partial charge in [-0.3, -0.25) is 0 Å². The second kappa shape index (κ2) is 20.8. The van der Waals surface area contributed by atoms with E-state index in [4.69, 9.17) is 9.47 Å². The Kier molecular flexibility index (Phi) is 13.5. The zero-order valence-corrected chi connectivity index (χ0v) is 37.2. The standard InChI is InChI=1S/C64H50O2/c1-65-59-45-57(43-37-47-33-39-55(40-34-47)62(53-29-17-7-18-30-53)60(49-21-9-3-10-22-49)50-23-11-4-12-24-50)64(66-2)58(46-59)44-38-48-35-41-56(42-36-48)63(54-31-19-8-20-32-54)61(51-25-13-5-14-26-51)52-27-15-6-16-28-52/h3-46H,1-2H3. The van der Waals surface area contributed by atoms with E-state index in [-0.39, 0.29) is 0 Å². The number of hydrogen-bond donors (Lipinski definition) is 0. The molecule has 0 saturated heterocycles.